The predicted molar refractivity (Wildman–Crippen MR) is 119 cm³/mol. The third-order valence-corrected chi connectivity index (χ3v) is 3.96. The number of hydrogen-bond donors (Lipinski definition) is 3. The molecule has 0 saturated carbocycles. The average Bonchev–Trinajstić information content (AvgIpc) is 2.69. The van der Waals surface area contributed by atoms with Crippen LogP contribution in [0.5, 0.6) is 0 Å². The molecule has 0 radical (unpaired) electrons. The molecule has 0 aliphatic heterocycles. The molecule has 9 heteroatoms. The molecule has 1 rings (SSSR count). The van der Waals surface area contributed by atoms with Gasteiger partial charge in [-0.15, -0.1) is 0 Å². The second-order valence-corrected chi connectivity index (χ2v) is 8.01. The molecule has 32 heavy (non-hydrogen) atoms. The Morgan fingerprint density at radius 2 is 1.88 bits per heavy atom. The molecule has 0 unspecified atom stereocenters. The van der Waals surface area contributed by atoms with Crippen molar-refractivity contribution in [2.75, 3.05) is 12.4 Å². The number of methoxy groups -OCH3 is 1. The molecule has 1 aromatic carbocycles. The summed E-state index contributed by atoms with van der Waals surface area (Å²) in [6, 6.07) is 5.87. The van der Waals surface area contributed by atoms with Gasteiger partial charge in [0.2, 0.25) is 11.8 Å². The zero-order valence-electron chi connectivity index (χ0n) is 18.9. The molecule has 0 spiro atoms. The minimum atomic E-state index is -1.01. The van der Waals surface area contributed by atoms with Crippen LogP contribution in [0.4, 0.5) is 10.5 Å². The molecule has 0 heterocycles. The summed E-state index contributed by atoms with van der Waals surface area (Å²) in [5.74, 6) is 4.57. The molecular weight excluding hydrogens is 414 g/mol. The Bertz CT molecular complexity index is 880. The highest BCUT2D eigenvalue weighted by molar-refractivity contribution is 5.97. The van der Waals surface area contributed by atoms with Gasteiger partial charge in [-0.25, -0.2) is 4.79 Å². The molecule has 1 atom stereocenters. The summed E-state index contributed by atoms with van der Waals surface area (Å²) in [7, 11) is 1.34. The molecule has 0 fully saturated rings. The Hall–Kier alpha value is -3.54. The molecule has 9 nitrogen and oxygen atoms in total. The van der Waals surface area contributed by atoms with Crippen molar-refractivity contribution >= 4 is 29.6 Å². The first-order chi connectivity index (χ1) is 15.0. The number of unbranched alkanes of at least 4 members (excludes halogenated alkanes) is 1. The van der Waals surface area contributed by atoms with Gasteiger partial charge in [0.1, 0.15) is 11.6 Å². The van der Waals surface area contributed by atoms with E-state index in [1.807, 2.05) is 0 Å². The number of nitrogens with one attached hydrogen (secondary N) is 2. The van der Waals surface area contributed by atoms with Gasteiger partial charge in [-0.2, -0.15) is 0 Å². The number of carbonyl (C=O) groups excluding carboxylic acids is 4. The first-order valence-electron chi connectivity index (χ1n) is 10.2. The quantitative estimate of drug-likeness (QED) is 0.303. The standard InChI is InChI=1S/C23H31N3O6/c1-23(2,3)32-22(30)26-18(13-14-19(24)27)21(29)25-17-11-8-10-16(15-17)9-6-5-7-12-20(28)31-4/h8,10-11,15,18H,5,7,12-14H2,1-4H3,(H2,24,27)(H,25,29)(H,26,30)/t18-/m0/s1. The van der Waals surface area contributed by atoms with Crippen LogP contribution < -0.4 is 16.4 Å². The van der Waals surface area contributed by atoms with Crippen LogP contribution in [0.3, 0.4) is 0 Å². The van der Waals surface area contributed by atoms with Crippen LogP contribution in [-0.2, 0) is 23.9 Å². The van der Waals surface area contributed by atoms with Crippen LogP contribution >= 0.6 is 0 Å². The minimum Gasteiger partial charge on any atom is -0.469 e. The SMILES string of the molecule is COC(=O)CCCC#Cc1cccc(NC(=O)[C@H](CCC(N)=O)NC(=O)OC(C)(C)C)c1. The van der Waals surface area contributed by atoms with E-state index in [-0.39, 0.29) is 18.8 Å². The fourth-order valence-electron chi connectivity index (χ4n) is 2.50. The van der Waals surface area contributed by atoms with E-state index in [0.29, 0.717) is 30.5 Å². The number of amides is 3. The molecule has 3 amide bonds. The van der Waals surface area contributed by atoms with Gasteiger partial charge in [-0.1, -0.05) is 17.9 Å². The van der Waals surface area contributed by atoms with Crippen LogP contribution in [0.1, 0.15) is 58.4 Å². The van der Waals surface area contributed by atoms with Crippen LogP contribution in [0.2, 0.25) is 0 Å². The number of primary amides is 1. The molecule has 0 bridgehead atoms. The first-order valence-corrected chi connectivity index (χ1v) is 10.2. The van der Waals surface area contributed by atoms with Crippen molar-refractivity contribution in [3.8, 4) is 11.8 Å². The zero-order chi connectivity index (χ0) is 24.1. The number of rotatable bonds is 9. The topological polar surface area (TPSA) is 137 Å². The monoisotopic (exact) mass is 445 g/mol. The normalized spacial score (nSPS) is 11.4. The fraction of sp³-hybridized carbons (Fsp3) is 0.478. The predicted octanol–water partition coefficient (Wildman–Crippen LogP) is 2.48. The van der Waals surface area contributed by atoms with Gasteiger partial charge in [0.25, 0.3) is 0 Å². The molecule has 0 aromatic heterocycles. The van der Waals surface area contributed by atoms with Gasteiger partial charge < -0.3 is 25.8 Å². The summed E-state index contributed by atoms with van der Waals surface area (Å²) < 4.78 is 9.77. The lowest BCUT2D eigenvalue weighted by Gasteiger charge is -2.23. The number of ether oxygens (including phenoxy) is 2. The first kappa shape index (κ1) is 26.5. The Morgan fingerprint density at radius 3 is 2.50 bits per heavy atom. The summed E-state index contributed by atoms with van der Waals surface area (Å²) in [5, 5.41) is 5.19. The average molecular weight is 446 g/mol. The third kappa shape index (κ3) is 11.6. The van der Waals surface area contributed by atoms with E-state index in [4.69, 9.17) is 10.5 Å². The molecule has 174 valence electrons. The van der Waals surface area contributed by atoms with E-state index in [2.05, 4.69) is 27.2 Å². The summed E-state index contributed by atoms with van der Waals surface area (Å²) in [5.41, 5.74) is 5.60. The van der Waals surface area contributed by atoms with E-state index in [9.17, 15) is 19.2 Å². The second-order valence-electron chi connectivity index (χ2n) is 8.01. The van der Waals surface area contributed by atoms with Crippen LogP contribution in [0, 0.1) is 11.8 Å². The van der Waals surface area contributed by atoms with Crippen LogP contribution in [0.15, 0.2) is 24.3 Å². The maximum Gasteiger partial charge on any atom is 0.408 e. The molecule has 1 aromatic rings. The number of esters is 1. The van der Waals surface area contributed by atoms with Crippen LogP contribution in [-0.4, -0.2) is 42.6 Å². The van der Waals surface area contributed by atoms with E-state index in [1.165, 1.54) is 7.11 Å². The highest BCUT2D eigenvalue weighted by Crippen LogP contribution is 2.13. The summed E-state index contributed by atoms with van der Waals surface area (Å²) >= 11 is 0. The molecule has 0 aliphatic carbocycles. The highest BCUT2D eigenvalue weighted by atomic mass is 16.6. The van der Waals surface area contributed by atoms with Crippen molar-refractivity contribution in [1.82, 2.24) is 5.32 Å². The number of hydrogen-bond acceptors (Lipinski definition) is 6. The lowest BCUT2D eigenvalue weighted by molar-refractivity contribution is -0.140. The van der Waals surface area contributed by atoms with Crippen molar-refractivity contribution in [2.45, 2.75) is 64.5 Å². The van der Waals surface area contributed by atoms with Gasteiger partial charge in [0, 0.05) is 30.5 Å². The summed E-state index contributed by atoms with van der Waals surface area (Å²) in [6.07, 6.45) is 0.604. The van der Waals surface area contributed by atoms with Crippen molar-refractivity contribution in [1.29, 1.82) is 0 Å². The van der Waals surface area contributed by atoms with Gasteiger partial charge >= 0.3 is 12.1 Å². The third-order valence-electron chi connectivity index (χ3n) is 3.96. The van der Waals surface area contributed by atoms with Gasteiger partial charge in [-0.05, 0) is 51.8 Å². The van der Waals surface area contributed by atoms with Crippen molar-refractivity contribution < 1.29 is 28.7 Å². The van der Waals surface area contributed by atoms with Gasteiger partial charge in [0.15, 0.2) is 0 Å². The number of anilines is 1. The highest BCUT2D eigenvalue weighted by Gasteiger charge is 2.25. The van der Waals surface area contributed by atoms with Crippen molar-refractivity contribution in [2.24, 2.45) is 5.73 Å². The fourth-order valence-corrected chi connectivity index (χ4v) is 2.50. The van der Waals surface area contributed by atoms with Gasteiger partial charge in [0.05, 0.1) is 7.11 Å². The maximum atomic E-state index is 12.7. The zero-order valence-corrected chi connectivity index (χ0v) is 18.9. The second kappa shape index (κ2) is 13.0. The lowest BCUT2D eigenvalue weighted by atomic mass is 10.1. The smallest absolute Gasteiger partial charge is 0.408 e. The Balaban J connectivity index is 2.78. The summed E-state index contributed by atoms with van der Waals surface area (Å²) in [4.78, 5) is 47.0. The molecule has 4 N–H and O–H groups in total. The molecule has 0 aliphatic rings. The van der Waals surface area contributed by atoms with Gasteiger partial charge in [-0.3, -0.25) is 14.4 Å². The van der Waals surface area contributed by atoms with Crippen LogP contribution in [0.25, 0.3) is 0 Å². The number of benzene rings is 1. The molecule has 0 saturated heterocycles. The van der Waals surface area contributed by atoms with Crippen molar-refractivity contribution in [3.05, 3.63) is 29.8 Å². The number of carbonyl (C=O) groups is 4. The largest absolute Gasteiger partial charge is 0.469 e. The lowest BCUT2D eigenvalue weighted by Crippen LogP contribution is -2.46. The maximum absolute atomic E-state index is 12.7. The minimum absolute atomic E-state index is 0.0279. The number of alkyl carbamates (subject to hydrolysis) is 1. The van der Waals surface area contributed by atoms with Crippen molar-refractivity contribution in [3.63, 3.8) is 0 Å². The Kier molecular flexibility index (Phi) is 10.8. The summed E-state index contributed by atoms with van der Waals surface area (Å²) in [6.45, 7) is 5.10. The van der Waals surface area contributed by atoms with E-state index >= 15 is 0 Å². The Labute approximate surface area is 188 Å². The van der Waals surface area contributed by atoms with E-state index < -0.39 is 29.6 Å². The number of nitrogens with two attached hydrogens (primary N) is 1. The Morgan fingerprint density at radius 1 is 1.16 bits per heavy atom. The molecular formula is C23H31N3O6. The van der Waals surface area contributed by atoms with E-state index in [1.54, 1.807) is 45.0 Å². The van der Waals surface area contributed by atoms with E-state index in [0.717, 1.165) is 0 Å².